The van der Waals surface area contributed by atoms with E-state index in [1.54, 1.807) is 0 Å². The van der Waals surface area contributed by atoms with E-state index in [0.717, 1.165) is 23.5 Å². The van der Waals surface area contributed by atoms with Crippen molar-refractivity contribution < 1.29 is 14.3 Å². The molecule has 0 fully saturated rings. The van der Waals surface area contributed by atoms with Crippen molar-refractivity contribution in [2.45, 2.75) is 19.8 Å². The van der Waals surface area contributed by atoms with Gasteiger partial charge in [-0.1, -0.05) is 13.3 Å². The highest BCUT2D eigenvalue weighted by molar-refractivity contribution is 5.86. The van der Waals surface area contributed by atoms with E-state index in [2.05, 4.69) is 6.92 Å². The molecule has 1 rings (SSSR count). The summed E-state index contributed by atoms with van der Waals surface area (Å²) < 4.78 is 12.4. The number of aryl methyl sites for hydroxylation is 1. The summed E-state index contributed by atoms with van der Waals surface area (Å²) in [6.07, 6.45) is 5.90. The summed E-state index contributed by atoms with van der Waals surface area (Å²) >= 11 is 0. The normalized spacial score (nSPS) is 11.0. The minimum atomic E-state index is -0.560. The van der Waals surface area contributed by atoms with Crippen LogP contribution in [0.1, 0.15) is 25.3 Å². The highest BCUT2D eigenvalue weighted by Gasteiger charge is 2.05. The number of carbonyl (C=O) groups excluding carboxylic acids is 1. The van der Waals surface area contributed by atoms with Crippen molar-refractivity contribution in [3.8, 4) is 0 Å². The zero-order chi connectivity index (χ0) is 16.5. The van der Waals surface area contributed by atoms with E-state index < -0.39 is 17.2 Å². The molecule has 0 spiro atoms. The molecular formula is C15H22N2O5. The van der Waals surface area contributed by atoms with Crippen LogP contribution in [-0.2, 0) is 28.4 Å². The van der Waals surface area contributed by atoms with Crippen LogP contribution in [0.15, 0.2) is 21.9 Å². The third-order valence-electron chi connectivity index (χ3n) is 2.99. The van der Waals surface area contributed by atoms with Crippen LogP contribution in [0.25, 0.3) is 6.08 Å². The van der Waals surface area contributed by atoms with Gasteiger partial charge in [-0.15, -0.1) is 0 Å². The maximum Gasteiger partial charge on any atom is 0.330 e. The van der Waals surface area contributed by atoms with Crippen LogP contribution < -0.4 is 11.2 Å². The fourth-order valence-electron chi connectivity index (χ4n) is 1.71. The van der Waals surface area contributed by atoms with Gasteiger partial charge in [0.05, 0.1) is 12.2 Å². The van der Waals surface area contributed by atoms with E-state index in [0.29, 0.717) is 13.2 Å². The third kappa shape index (κ3) is 5.33. The average molecular weight is 310 g/mol. The first-order chi connectivity index (χ1) is 10.5. The monoisotopic (exact) mass is 310 g/mol. The van der Waals surface area contributed by atoms with E-state index in [4.69, 9.17) is 9.47 Å². The number of esters is 1. The van der Waals surface area contributed by atoms with E-state index in [1.807, 2.05) is 0 Å². The number of hydrogen-bond acceptors (Lipinski definition) is 5. The Hall–Kier alpha value is -2.15. The Labute approximate surface area is 128 Å². The lowest BCUT2D eigenvalue weighted by atomic mass is 10.3. The SMILES string of the molecule is CCCCOCCOC(=O)C=Cc1cn(C)c(=O)n(C)c1=O. The summed E-state index contributed by atoms with van der Waals surface area (Å²) in [6.45, 7) is 3.23. The van der Waals surface area contributed by atoms with Crippen molar-refractivity contribution >= 4 is 12.0 Å². The van der Waals surface area contributed by atoms with E-state index >= 15 is 0 Å². The zero-order valence-corrected chi connectivity index (χ0v) is 13.2. The smallest absolute Gasteiger partial charge is 0.330 e. The molecule has 7 heteroatoms. The van der Waals surface area contributed by atoms with Crippen molar-refractivity contribution in [2.75, 3.05) is 19.8 Å². The number of nitrogens with zero attached hydrogens (tertiary/aromatic N) is 2. The summed E-state index contributed by atoms with van der Waals surface area (Å²) in [5, 5.41) is 0. The Bertz CT molecular complexity index is 642. The van der Waals surface area contributed by atoms with Crippen molar-refractivity contribution in [3.05, 3.63) is 38.7 Å². The minimum Gasteiger partial charge on any atom is -0.460 e. The summed E-state index contributed by atoms with van der Waals surface area (Å²) in [6, 6.07) is 0. The molecule has 0 amide bonds. The maximum atomic E-state index is 11.8. The molecule has 0 aliphatic heterocycles. The summed E-state index contributed by atoms with van der Waals surface area (Å²) in [5.74, 6) is -0.560. The number of rotatable bonds is 8. The second-order valence-electron chi connectivity index (χ2n) is 4.81. The van der Waals surface area contributed by atoms with Crippen LogP contribution in [-0.4, -0.2) is 34.9 Å². The molecule has 0 N–H and O–H groups in total. The van der Waals surface area contributed by atoms with Crippen molar-refractivity contribution in [1.82, 2.24) is 9.13 Å². The standard InChI is InChI=1S/C15H22N2O5/c1-4-5-8-21-9-10-22-13(18)7-6-12-11-16(2)15(20)17(3)14(12)19/h6-7,11H,4-5,8-10H2,1-3H3. The second kappa shape index (κ2) is 8.99. The van der Waals surface area contributed by atoms with Gasteiger partial charge in [0.2, 0.25) is 0 Å². The Kier molecular flexibility index (Phi) is 7.31. The number of aromatic nitrogens is 2. The van der Waals surface area contributed by atoms with Gasteiger partial charge in [-0.25, -0.2) is 9.59 Å². The van der Waals surface area contributed by atoms with Crippen LogP contribution >= 0.6 is 0 Å². The van der Waals surface area contributed by atoms with Gasteiger partial charge >= 0.3 is 11.7 Å². The molecule has 1 aromatic heterocycles. The molecule has 122 valence electrons. The summed E-state index contributed by atoms with van der Waals surface area (Å²) in [4.78, 5) is 34.9. The van der Waals surface area contributed by atoms with Crippen molar-refractivity contribution in [1.29, 1.82) is 0 Å². The fraction of sp³-hybridized carbons (Fsp3) is 0.533. The van der Waals surface area contributed by atoms with E-state index in [1.165, 1.54) is 30.9 Å². The van der Waals surface area contributed by atoms with Gasteiger partial charge in [0, 0.05) is 33.0 Å². The van der Waals surface area contributed by atoms with Gasteiger partial charge in [0.1, 0.15) is 6.61 Å². The van der Waals surface area contributed by atoms with Crippen LogP contribution in [0.4, 0.5) is 0 Å². The highest BCUT2D eigenvalue weighted by Crippen LogP contribution is 1.94. The fourth-order valence-corrected chi connectivity index (χ4v) is 1.71. The molecule has 0 aromatic carbocycles. The van der Waals surface area contributed by atoms with Gasteiger partial charge in [0.15, 0.2) is 0 Å². The van der Waals surface area contributed by atoms with Crippen LogP contribution in [0.2, 0.25) is 0 Å². The van der Waals surface area contributed by atoms with Gasteiger partial charge in [-0.05, 0) is 12.5 Å². The quantitative estimate of drug-likeness (QED) is 0.396. The number of hydrogen-bond donors (Lipinski definition) is 0. The van der Waals surface area contributed by atoms with Crippen LogP contribution in [0, 0.1) is 0 Å². The van der Waals surface area contributed by atoms with E-state index in [9.17, 15) is 14.4 Å². The first-order valence-electron chi connectivity index (χ1n) is 7.16. The van der Waals surface area contributed by atoms with Gasteiger partial charge < -0.3 is 14.0 Å². The first kappa shape index (κ1) is 17.9. The molecule has 0 atom stereocenters. The number of ether oxygens (including phenoxy) is 2. The molecule has 0 unspecified atom stereocenters. The van der Waals surface area contributed by atoms with Crippen molar-refractivity contribution in [3.63, 3.8) is 0 Å². The molecule has 0 radical (unpaired) electrons. The minimum absolute atomic E-state index is 0.165. The highest BCUT2D eigenvalue weighted by atomic mass is 16.6. The molecular weight excluding hydrogens is 288 g/mol. The predicted molar refractivity (Wildman–Crippen MR) is 82.6 cm³/mol. The Morgan fingerprint density at radius 3 is 2.64 bits per heavy atom. The largest absolute Gasteiger partial charge is 0.460 e. The summed E-state index contributed by atoms with van der Waals surface area (Å²) in [5.41, 5.74) is -0.648. The lowest BCUT2D eigenvalue weighted by Gasteiger charge is -2.04. The Morgan fingerprint density at radius 1 is 1.23 bits per heavy atom. The molecule has 1 aromatic rings. The predicted octanol–water partition coefficient (Wildman–Crippen LogP) is 0.457. The topological polar surface area (TPSA) is 79.5 Å². The van der Waals surface area contributed by atoms with Gasteiger partial charge in [-0.2, -0.15) is 0 Å². The molecule has 0 aliphatic rings. The second-order valence-corrected chi connectivity index (χ2v) is 4.81. The van der Waals surface area contributed by atoms with Crippen LogP contribution in [0.3, 0.4) is 0 Å². The van der Waals surface area contributed by atoms with E-state index in [-0.39, 0.29) is 12.2 Å². The molecule has 0 saturated carbocycles. The van der Waals surface area contributed by atoms with Crippen molar-refractivity contribution in [2.24, 2.45) is 14.1 Å². The molecule has 22 heavy (non-hydrogen) atoms. The molecule has 1 heterocycles. The van der Waals surface area contributed by atoms with Gasteiger partial charge in [0.25, 0.3) is 5.56 Å². The number of unbranched alkanes of at least 4 members (excludes halogenated alkanes) is 1. The summed E-state index contributed by atoms with van der Waals surface area (Å²) in [7, 11) is 2.92. The Morgan fingerprint density at radius 2 is 1.95 bits per heavy atom. The zero-order valence-electron chi connectivity index (χ0n) is 13.2. The van der Waals surface area contributed by atoms with Gasteiger partial charge in [-0.3, -0.25) is 9.36 Å². The molecule has 0 aliphatic carbocycles. The molecule has 0 bridgehead atoms. The van der Waals surface area contributed by atoms with Crippen LogP contribution in [0.5, 0.6) is 0 Å². The average Bonchev–Trinajstić information content (AvgIpc) is 2.51. The first-order valence-corrected chi connectivity index (χ1v) is 7.16. The Balaban J connectivity index is 2.53. The maximum absolute atomic E-state index is 11.8. The lowest BCUT2D eigenvalue weighted by Crippen LogP contribution is -2.37. The molecule has 7 nitrogen and oxygen atoms in total. The molecule has 0 saturated heterocycles. The lowest BCUT2D eigenvalue weighted by molar-refractivity contribution is -0.139. The number of carbonyl (C=O) groups is 1. The third-order valence-corrected chi connectivity index (χ3v) is 2.99.